The van der Waals surface area contributed by atoms with E-state index in [-0.39, 0.29) is 17.5 Å². The highest BCUT2D eigenvalue weighted by Gasteiger charge is 2.50. The molecule has 12 heteroatoms. The van der Waals surface area contributed by atoms with Crippen molar-refractivity contribution in [1.82, 2.24) is 10.2 Å². The first kappa shape index (κ1) is 29.6. The molecule has 0 bridgehead atoms. The quantitative estimate of drug-likeness (QED) is 0.423. The lowest BCUT2D eigenvalue weighted by molar-refractivity contribution is -0.192. The summed E-state index contributed by atoms with van der Waals surface area (Å²) in [5, 5.41) is 13.3. The second-order valence-electron chi connectivity index (χ2n) is 9.32. The standard InChI is InChI=1S/C24H30BrN3O3.C2HF3O2/c1-28-13-12-24(16-8-9-20(30-2)21(14-16)31-3)11-10-17(15-22(24)28)26-23(29)27-19-7-5-4-6-18(19)25;3-2(4,5)1(6)7/h4-9,14,17,22H,10-13,15H2,1-3H3,(H2,26,27,29);(H,6,7). The van der Waals surface area contributed by atoms with Gasteiger partial charge in [0.05, 0.1) is 19.9 Å². The summed E-state index contributed by atoms with van der Waals surface area (Å²) in [5.74, 6) is -1.23. The molecule has 2 fully saturated rings. The first-order chi connectivity index (χ1) is 17.9. The van der Waals surface area contributed by atoms with Crippen molar-refractivity contribution in [2.24, 2.45) is 0 Å². The first-order valence-corrected chi connectivity index (χ1v) is 12.8. The average molecular weight is 602 g/mol. The molecule has 2 aliphatic rings. The van der Waals surface area contributed by atoms with E-state index in [1.54, 1.807) is 14.2 Å². The number of ether oxygens (including phenoxy) is 2. The third-order valence-electron chi connectivity index (χ3n) is 7.19. The van der Waals surface area contributed by atoms with Gasteiger partial charge >= 0.3 is 18.2 Å². The Morgan fingerprint density at radius 3 is 2.37 bits per heavy atom. The number of hydrogen-bond donors (Lipinski definition) is 3. The topological polar surface area (TPSA) is 100 Å². The zero-order valence-corrected chi connectivity index (χ0v) is 22.9. The molecule has 0 aromatic heterocycles. The van der Waals surface area contributed by atoms with Crippen LogP contribution in [0.15, 0.2) is 46.9 Å². The number of nitrogens with zero attached hydrogens (tertiary/aromatic N) is 1. The molecule has 1 heterocycles. The molecule has 0 spiro atoms. The van der Waals surface area contributed by atoms with Gasteiger partial charge in [-0.3, -0.25) is 0 Å². The summed E-state index contributed by atoms with van der Waals surface area (Å²) in [7, 11) is 5.54. The van der Waals surface area contributed by atoms with E-state index < -0.39 is 12.1 Å². The molecule has 38 heavy (non-hydrogen) atoms. The number of fused-ring (bicyclic) bond motifs is 1. The Bertz CT molecular complexity index is 1150. The van der Waals surface area contributed by atoms with Crippen molar-refractivity contribution < 1.29 is 37.3 Å². The Hall–Kier alpha value is -2.99. The number of amides is 2. The molecule has 4 rings (SSSR count). The van der Waals surface area contributed by atoms with Gasteiger partial charge in [0, 0.05) is 22.0 Å². The molecule has 3 atom stereocenters. The number of halogens is 4. The number of aliphatic carboxylic acids is 1. The lowest BCUT2D eigenvalue weighted by atomic mass is 9.65. The van der Waals surface area contributed by atoms with Crippen molar-refractivity contribution in [3.8, 4) is 11.5 Å². The second kappa shape index (κ2) is 12.2. The van der Waals surface area contributed by atoms with Gasteiger partial charge in [-0.25, -0.2) is 9.59 Å². The van der Waals surface area contributed by atoms with Crippen LogP contribution >= 0.6 is 15.9 Å². The number of carboxylic acid groups (broad SMARTS) is 1. The van der Waals surface area contributed by atoms with Crippen molar-refractivity contribution in [2.45, 2.75) is 49.4 Å². The van der Waals surface area contributed by atoms with Crippen LogP contribution in [0.3, 0.4) is 0 Å². The van der Waals surface area contributed by atoms with Crippen LogP contribution in [0, 0.1) is 0 Å². The van der Waals surface area contributed by atoms with E-state index in [0.717, 1.165) is 53.9 Å². The number of nitrogens with one attached hydrogen (secondary N) is 2. The lowest BCUT2D eigenvalue weighted by Crippen LogP contribution is -2.52. The van der Waals surface area contributed by atoms with Crippen LogP contribution in [-0.4, -0.2) is 68.1 Å². The molecule has 8 nitrogen and oxygen atoms in total. The fraction of sp³-hybridized carbons (Fsp3) is 0.462. The predicted octanol–water partition coefficient (Wildman–Crippen LogP) is 5.42. The minimum atomic E-state index is -5.08. The molecule has 1 aliphatic heterocycles. The van der Waals surface area contributed by atoms with E-state index in [0.29, 0.717) is 6.04 Å². The SMILES string of the molecule is COc1ccc(C23CCC(NC(=O)Nc4ccccc4Br)CC2N(C)CC3)cc1OC.O=C(O)C(F)(F)F. The van der Waals surface area contributed by atoms with Crippen LogP contribution in [0.1, 0.15) is 31.2 Å². The Balaban J connectivity index is 0.000000505. The molecule has 2 aromatic rings. The highest BCUT2D eigenvalue weighted by Crippen LogP contribution is 2.49. The number of carbonyl (C=O) groups is 2. The van der Waals surface area contributed by atoms with Crippen LogP contribution in [0.5, 0.6) is 11.5 Å². The van der Waals surface area contributed by atoms with Crippen LogP contribution in [0.25, 0.3) is 0 Å². The zero-order chi connectivity index (χ0) is 28.1. The van der Waals surface area contributed by atoms with Crippen molar-refractivity contribution in [3.05, 3.63) is 52.5 Å². The molecule has 3 unspecified atom stereocenters. The zero-order valence-electron chi connectivity index (χ0n) is 21.3. The maximum atomic E-state index is 12.6. The minimum absolute atomic E-state index is 0.0748. The predicted molar refractivity (Wildman–Crippen MR) is 140 cm³/mol. The molecular formula is C26H31BrF3N3O5. The van der Waals surface area contributed by atoms with Gasteiger partial charge in [-0.15, -0.1) is 0 Å². The summed E-state index contributed by atoms with van der Waals surface area (Å²) in [6, 6.07) is 14.3. The van der Waals surface area contributed by atoms with Gasteiger partial charge in [-0.05, 0) is 85.0 Å². The van der Waals surface area contributed by atoms with Crippen molar-refractivity contribution in [1.29, 1.82) is 0 Å². The maximum Gasteiger partial charge on any atom is 0.490 e. The van der Waals surface area contributed by atoms with E-state index in [2.05, 4.69) is 50.6 Å². The van der Waals surface area contributed by atoms with E-state index in [9.17, 15) is 18.0 Å². The first-order valence-electron chi connectivity index (χ1n) is 12.0. The van der Waals surface area contributed by atoms with Crippen LogP contribution in [-0.2, 0) is 10.2 Å². The van der Waals surface area contributed by atoms with Crippen LogP contribution in [0.4, 0.5) is 23.7 Å². The summed E-state index contributed by atoms with van der Waals surface area (Å²) in [5.41, 5.74) is 2.15. The number of hydrogen-bond acceptors (Lipinski definition) is 5. The Morgan fingerprint density at radius 1 is 1.11 bits per heavy atom. The van der Waals surface area contributed by atoms with E-state index in [1.165, 1.54) is 5.56 Å². The van der Waals surface area contributed by atoms with E-state index in [4.69, 9.17) is 19.4 Å². The largest absolute Gasteiger partial charge is 0.493 e. The fourth-order valence-electron chi connectivity index (χ4n) is 5.30. The highest BCUT2D eigenvalue weighted by atomic mass is 79.9. The van der Waals surface area contributed by atoms with Gasteiger partial charge in [0.25, 0.3) is 0 Å². The minimum Gasteiger partial charge on any atom is -0.493 e. The molecule has 208 valence electrons. The number of methoxy groups -OCH3 is 2. The summed E-state index contributed by atoms with van der Waals surface area (Å²) in [6.45, 7) is 1.05. The fourth-order valence-corrected chi connectivity index (χ4v) is 5.68. The summed E-state index contributed by atoms with van der Waals surface area (Å²) in [4.78, 5) is 24.0. The third-order valence-corrected chi connectivity index (χ3v) is 7.88. The highest BCUT2D eigenvalue weighted by molar-refractivity contribution is 9.10. The van der Waals surface area contributed by atoms with Gasteiger partial charge in [0.2, 0.25) is 0 Å². The molecule has 2 aromatic carbocycles. The summed E-state index contributed by atoms with van der Waals surface area (Å²) < 4.78 is 43.6. The van der Waals surface area contributed by atoms with Gasteiger partial charge in [-0.2, -0.15) is 13.2 Å². The van der Waals surface area contributed by atoms with Crippen LogP contribution < -0.4 is 20.1 Å². The number of likely N-dealkylation sites (N-methyl/N-ethyl adjacent to an activating group) is 1. The number of likely N-dealkylation sites (tertiary alicyclic amines) is 1. The number of urea groups is 1. The molecule has 3 N–H and O–H groups in total. The number of para-hydroxylation sites is 1. The van der Waals surface area contributed by atoms with Crippen molar-refractivity contribution >= 4 is 33.6 Å². The van der Waals surface area contributed by atoms with Gasteiger partial charge < -0.3 is 30.1 Å². The molecule has 1 saturated heterocycles. The molecule has 0 radical (unpaired) electrons. The van der Waals surface area contributed by atoms with E-state index >= 15 is 0 Å². The number of carbonyl (C=O) groups excluding carboxylic acids is 1. The van der Waals surface area contributed by atoms with Crippen LogP contribution in [0.2, 0.25) is 0 Å². The lowest BCUT2D eigenvalue weighted by Gasteiger charge is -2.45. The Morgan fingerprint density at radius 2 is 1.76 bits per heavy atom. The number of rotatable bonds is 5. The molecule has 2 amide bonds. The smallest absolute Gasteiger partial charge is 0.490 e. The average Bonchev–Trinajstić information content (AvgIpc) is 3.21. The number of alkyl halides is 3. The van der Waals surface area contributed by atoms with E-state index in [1.807, 2.05) is 30.3 Å². The number of benzene rings is 2. The molecule has 1 saturated carbocycles. The van der Waals surface area contributed by atoms with Gasteiger partial charge in [0.15, 0.2) is 11.5 Å². The number of carboxylic acids is 1. The maximum absolute atomic E-state index is 12.6. The van der Waals surface area contributed by atoms with Crippen molar-refractivity contribution in [3.63, 3.8) is 0 Å². The Kier molecular flexibility index (Phi) is 9.53. The molecular weight excluding hydrogens is 571 g/mol. The number of anilines is 1. The van der Waals surface area contributed by atoms with Gasteiger partial charge in [-0.1, -0.05) is 18.2 Å². The summed E-state index contributed by atoms with van der Waals surface area (Å²) in [6.07, 6.45) is -1.08. The monoisotopic (exact) mass is 601 g/mol. The van der Waals surface area contributed by atoms with Gasteiger partial charge in [0.1, 0.15) is 0 Å². The Labute approximate surface area is 227 Å². The normalized spacial score (nSPS) is 22.9. The second-order valence-corrected chi connectivity index (χ2v) is 10.2. The molecule has 1 aliphatic carbocycles. The third kappa shape index (κ3) is 6.71. The van der Waals surface area contributed by atoms with Crippen molar-refractivity contribution in [2.75, 3.05) is 33.1 Å². The summed E-state index contributed by atoms with van der Waals surface area (Å²) >= 11 is 3.48.